The van der Waals surface area contributed by atoms with Gasteiger partial charge in [0.2, 0.25) is 0 Å². The smallest absolute Gasteiger partial charge is 0.137 e. The van der Waals surface area contributed by atoms with E-state index in [9.17, 15) is 0 Å². The van der Waals surface area contributed by atoms with Crippen LogP contribution in [0.3, 0.4) is 0 Å². The van der Waals surface area contributed by atoms with Gasteiger partial charge in [-0.3, -0.25) is 4.68 Å². The van der Waals surface area contributed by atoms with Crippen molar-refractivity contribution in [2.24, 2.45) is 11.1 Å². The fraction of sp³-hybridized carbons (Fsp3) is 0.800. The van der Waals surface area contributed by atoms with Crippen LogP contribution >= 0.6 is 0 Å². The SMILES string of the molecule is NC1(C2(Cn3cncn3)CCC2)CC1. The number of hydrogen-bond acceptors (Lipinski definition) is 3. The summed E-state index contributed by atoms with van der Waals surface area (Å²) in [5.41, 5.74) is 6.80. The van der Waals surface area contributed by atoms with Crippen molar-refractivity contribution in [2.45, 2.75) is 44.2 Å². The molecule has 0 unspecified atom stereocenters. The minimum absolute atomic E-state index is 0.122. The Bertz CT molecular complexity index is 322. The fourth-order valence-electron chi connectivity index (χ4n) is 2.71. The number of nitrogens with zero attached hydrogens (tertiary/aromatic N) is 3. The van der Waals surface area contributed by atoms with Gasteiger partial charge < -0.3 is 5.73 Å². The van der Waals surface area contributed by atoms with Crippen molar-refractivity contribution in [1.82, 2.24) is 14.8 Å². The van der Waals surface area contributed by atoms with Crippen LogP contribution in [0.1, 0.15) is 32.1 Å². The molecule has 3 rings (SSSR count). The normalized spacial score (nSPS) is 26.9. The van der Waals surface area contributed by atoms with Crippen LogP contribution in [-0.2, 0) is 6.54 Å². The molecule has 76 valence electrons. The van der Waals surface area contributed by atoms with Crippen LogP contribution < -0.4 is 5.73 Å². The van der Waals surface area contributed by atoms with Gasteiger partial charge in [0, 0.05) is 11.0 Å². The molecular formula is C10H16N4. The van der Waals surface area contributed by atoms with E-state index >= 15 is 0 Å². The van der Waals surface area contributed by atoms with Crippen LogP contribution in [0.4, 0.5) is 0 Å². The Morgan fingerprint density at radius 3 is 2.50 bits per heavy atom. The highest BCUT2D eigenvalue weighted by molar-refractivity contribution is 5.15. The molecule has 4 nitrogen and oxygen atoms in total. The van der Waals surface area contributed by atoms with E-state index in [2.05, 4.69) is 10.1 Å². The molecule has 0 amide bonds. The molecule has 0 bridgehead atoms. The van der Waals surface area contributed by atoms with Gasteiger partial charge in [-0.2, -0.15) is 5.10 Å². The topological polar surface area (TPSA) is 56.7 Å². The second-order valence-corrected chi connectivity index (χ2v) is 4.88. The Hall–Kier alpha value is -0.900. The second kappa shape index (κ2) is 2.57. The maximum atomic E-state index is 6.34. The van der Waals surface area contributed by atoms with Gasteiger partial charge in [-0.15, -0.1) is 0 Å². The summed E-state index contributed by atoms with van der Waals surface area (Å²) in [6, 6.07) is 0. The summed E-state index contributed by atoms with van der Waals surface area (Å²) in [7, 11) is 0. The highest BCUT2D eigenvalue weighted by Gasteiger charge is 2.59. The zero-order valence-corrected chi connectivity index (χ0v) is 8.32. The highest BCUT2D eigenvalue weighted by atomic mass is 15.3. The highest BCUT2D eigenvalue weighted by Crippen LogP contribution is 2.59. The Morgan fingerprint density at radius 1 is 1.29 bits per heavy atom. The molecule has 2 aliphatic carbocycles. The Labute approximate surface area is 83.5 Å². The quantitative estimate of drug-likeness (QED) is 0.775. The van der Waals surface area contributed by atoms with E-state index in [4.69, 9.17) is 5.73 Å². The third-order valence-electron chi connectivity index (χ3n) is 4.09. The third-order valence-corrected chi connectivity index (χ3v) is 4.09. The van der Waals surface area contributed by atoms with E-state index in [0.29, 0.717) is 5.41 Å². The van der Waals surface area contributed by atoms with Gasteiger partial charge in [-0.1, -0.05) is 6.42 Å². The minimum atomic E-state index is 0.122. The van der Waals surface area contributed by atoms with Crippen molar-refractivity contribution in [2.75, 3.05) is 0 Å². The first-order valence-corrected chi connectivity index (χ1v) is 5.36. The molecule has 0 radical (unpaired) electrons. The van der Waals surface area contributed by atoms with E-state index < -0.39 is 0 Å². The zero-order valence-electron chi connectivity index (χ0n) is 8.32. The molecule has 2 aliphatic rings. The molecule has 2 saturated carbocycles. The molecule has 0 atom stereocenters. The molecule has 2 fully saturated rings. The Balaban J connectivity index is 1.81. The van der Waals surface area contributed by atoms with Gasteiger partial charge in [0.05, 0.1) is 6.54 Å². The molecule has 0 spiro atoms. The first-order valence-electron chi connectivity index (χ1n) is 5.36. The van der Waals surface area contributed by atoms with Crippen LogP contribution in [0, 0.1) is 5.41 Å². The van der Waals surface area contributed by atoms with E-state index in [-0.39, 0.29) is 5.54 Å². The summed E-state index contributed by atoms with van der Waals surface area (Å²) in [4.78, 5) is 3.98. The van der Waals surface area contributed by atoms with Crippen molar-refractivity contribution in [3.63, 3.8) is 0 Å². The van der Waals surface area contributed by atoms with Crippen LogP contribution in [0.15, 0.2) is 12.7 Å². The number of aromatic nitrogens is 3. The van der Waals surface area contributed by atoms with Gasteiger partial charge in [0.25, 0.3) is 0 Å². The fourth-order valence-corrected chi connectivity index (χ4v) is 2.71. The van der Waals surface area contributed by atoms with Gasteiger partial charge in [0.1, 0.15) is 12.7 Å². The number of hydrogen-bond donors (Lipinski definition) is 1. The lowest BCUT2D eigenvalue weighted by Gasteiger charge is -2.47. The Kier molecular flexibility index (Phi) is 1.54. The van der Waals surface area contributed by atoms with Gasteiger partial charge in [-0.25, -0.2) is 4.98 Å². The van der Waals surface area contributed by atoms with Crippen LogP contribution in [0.5, 0.6) is 0 Å². The third kappa shape index (κ3) is 1.03. The second-order valence-electron chi connectivity index (χ2n) is 4.88. The van der Waals surface area contributed by atoms with Crippen molar-refractivity contribution >= 4 is 0 Å². The van der Waals surface area contributed by atoms with Gasteiger partial charge in [-0.05, 0) is 25.7 Å². The van der Waals surface area contributed by atoms with Crippen LogP contribution in [0.2, 0.25) is 0 Å². The van der Waals surface area contributed by atoms with Gasteiger partial charge >= 0.3 is 0 Å². The number of nitrogens with two attached hydrogens (primary N) is 1. The maximum Gasteiger partial charge on any atom is 0.137 e. The summed E-state index contributed by atoms with van der Waals surface area (Å²) < 4.78 is 1.94. The largest absolute Gasteiger partial charge is 0.325 e. The minimum Gasteiger partial charge on any atom is -0.325 e. The predicted octanol–water partition coefficient (Wildman–Crippen LogP) is 0.940. The average molecular weight is 192 g/mol. The monoisotopic (exact) mass is 192 g/mol. The van der Waals surface area contributed by atoms with Gasteiger partial charge in [0.15, 0.2) is 0 Å². The van der Waals surface area contributed by atoms with Crippen LogP contribution in [-0.4, -0.2) is 20.3 Å². The first kappa shape index (κ1) is 8.41. The lowest BCUT2D eigenvalue weighted by atomic mass is 9.62. The molecule has 1 aromatic rings. The molecule has 2 N–H and O–H groups in total. The van der Waals surface area contributed by atoms with E-state index in [0.717, 1.165) is 6.54 Å². The van der Waals surface area contributed by atoms with Crippen molar-refractivity contribution in [3.05, 3.63) is 12.7 Å². The van der Waals surface area contributed by atoms with E-state index in [1.165, 1.54) is 32.1 Å². The van der Waals surface area contributed by atoms with Crippen molar-refractivity contribution in [1.29, 1.82) is 0 Å². The number of rotatable bonds is 3. The van der Waals surface area contributed by atoms with E-state index in [1.54, 1.807) is 12.7 Å². The predicted molar refractivity (Wildman–Crippen MR) is 52.5 cm³/mol. The summed E-state index contributed by atoms with van der Waals surface area (Å²) >= 11 is 0. The molecule has 0 aliphatic heterocycles. The summed E-state index contributed by atoms with van der Waals surface area (Å²) in [6.07, 6.45) is 9.65. The van der Waals surface area contributed by atoms with Crippen molar-refractivity contribution < 1.29 is 0 Å². The molecule has 0 aromatic carbocycles. The summed E-state index contributed by atoms with van der Waals surface area (Å²) in [6.45, 7) is 0.962. The maximum absolute atomic E-state index is 6.34. The average Bonchev–Trinajstić information content (AvgIpc) is 2.67. The molecule has 0 saturated heterocycles. The van der Waals surface area contributed by atoms with Crippen molar-refractivity contribution in [3.8, 4) is 0 Å². The Morgan fingerprint density at radius 2 is 2.07 bits per heavy atom. The lowest BCUT2D eigenvalue weighted by Crippen LogP contribution is -2.51. The molecule has 14 heavy (non-hydrogen) atoms. The molecule has 1 aromatic heterocycles. The summed E-state index contributed by atoms with van der Waals surface area (Å²) in [5.74, 6) is 0. The molecular weight excluding hydrogens is 176 g/mol. The zero-order chi connectivity index (χ0) is 9.65. The van der Waals surface area contributed by atoms with E-state index in [1.807, 2.05) is 4.68 Å². The lowest BCUT2D eigenvalue weighted by molar-refractivity contribution is 0.0528. The molecule has 1 heterocycles. The molecule has 4 heteroatoms. The first-order chi connectivity index (χ1) is 6.74. The van der Waals surface area contributed by atoms with Crippen LogP contribution in [0.25, 0.3) is 0 Å². The standard InChI is InChI=1S/C10H16N4/c11-10(4-5-10)9(2-1-3-9)6-14-8-12-7-13-14/h7-8H,1-6,11H2. The summed E-state index contributed by atoms with van der Waals surface area (Å²) in [5, 5.41) is 4.17.